The van der Waals surface area contributed by atoms with Crippen LogP contribution in [0.15, 0.2) is 0 Å². The van der Waals surface area contributed by atoms with Crippen molar-refractivity contribution in [1.29, 1.82) is 5.41 Å². The molecule has 0 spiro atoms. The summed E-state index contributed by atoms with van der Waals surface area (Å²) in [5, 5.41) is 9.44. The van der Waals surface area contributed by atoms with Crippen LogP contribution >= 0.6 is 0 Å². The number of hydrogen-bond acceptors (Lipinski definition) is 3. The molecule has 0 aliphatic rings. The topological polar surface area (TPSA) is 105 Å². The third-order valence-electron chi connectivity index (χ3n) is 1.30. The summed E-state index contributed by atoms with van der Waals surface area (Å²) in [4.78, 5) is 10.6. The molecule has 6 heteroatoms. The van der Waals surface area contributed by atoms with Gasteiger partial charge in [0.2, 0.25) is 0 Å². The number of carbonyl (C=O) groups is 1. The quantitative estimate of drug-likeness (QED) is 0.196. The van der Waals surface area contributed by atoms with Crippen LogP contribution in [0.5, 0.6) is 0 Å². The molecule has 5 nitrogen and oxygen atoms in total. The van der Waals surface area contributed by atoms with Crippen molar-refractivity contribution in [2.45, 2.75) is 18.9 Å². The van der Waals surface area contributed by atoms with E-state index < -0.39 is 6.04 Å². The number of nitrogens with one attached hydrogen (secondary N) is 2. The van der Waals surface area contributed by atoms with Gasteiger partial charge in [-0.05, 0) is 0 Å². The third kappa shape index (κ3) is 6.15. The van der Waals surface area contributed by atoms with Crippen molar-refractivity contribution < 1.29 is 20.8 Å². The molecule has 0 radical (unpaired) electrons. The fourth-order valence-corrected chi connectivity index (χ4v) is 0.829. The minimum absolute atomic E-state index is 0.0614. The number of rotatable bonds is 5. The van der Waals surface area contributed by atoms with E-state index in [1.807, 2.05) is 0 Å². The number of hydrogen-bond donors (Lipinski definition) is 4. The first kappa shape index (κ1) is 11.4. The molecule has 0 aromatic heterocycles. The van der Waals surface area contributed by atoms with Gasteiger partial charge in [0.15, 0.2) is 0 Å². The molecule has 0 aliphatic heterocycles. The number of nitrogens with two attached hydrogens (primary N) is 2. The van der Waals surface area contributed by atoms with Crippen molar-refractivity contribution in [3.05, 3.63) is 0 Å². The normalized spacial score (nSPS) is 12.2. The molecule has 0 amide bonds. The Morgan fingerprint density at radius 3 is 2.67 bits per heavy atom. The van der Waals surface area contributed by atoms with Gasteiger partial charge in [-0.25, -0.2) is 0 Å². The molecule has 0 fully saturated rings. The first-order valence-electron chi connectivity index (χ1n) is 3.57. The second-order valence-corrected chi connectivity index (χ2v) is 2.97. The molecule has 6 N–H and O–H groups in total. The van der Waals surface area contributed by atoms with Gasteiger partial charge in [0, 0.05) is 0 Å². The van der Waals surface area contributed by atoms with E-state index in [2.05, 4.69) is 21.3 Å². The van der Waals surface area contributed by atoms with E-state index in [0.29, 0.717) is 13.0 Å². The molecule has 0 bridgehead atoms. The van der Waals surface area contributed by atoms with Crippen LogP contribution in [-0.4, -0.2) is 23.2 Å². The standard InChI is InChI=1S/C6H13N4O.Mn/c7-5(4-11)2-1-3-10-6(8)9;/h5H,1-3,7H2,(H4,8,9,10);/t5-;/m0./s1. The molecule has 0 aliphatic carbocycles. The van der Waals surface area contributed by atoms with Gasteiger partial charge in [0.1, 0.15) is 0 Å². The zero-order chi connectivity index (χ0) is 9.56. The molecule has 1 atom stereocenters. The second-order valence-electron chi connectivity index (χ2n) is 2.39. The summed E-state index contributed by atoms with van der Waals surface area (Å²) < 4.78 is -0.190. The Morgan fingerprint density at radius 2 is 2.25 bits per heavy atom. The summed E-state index contributed by atoms with van der Waals surface area (Å²) in [5.74, 6) is -0.0614. The van der Waals surface area contributed by atoms with Crippen LogP contribution in [-0.2, 0) is 20.8 Å². The van der Waals surface area contributed by atoms with Crippen molar-refractivity contribution >= 4 is 10.6 Å². The van der Waals surface area contributed by atoms with Crippen LogP contribution < -0.4 is 16.8 Å². The van der Waals surface area contributed by atoms with E-state index in [-0.39, 0.29) is 10.6 Å². The van der Waals surface area contributed by atoms with Crippen molar-refractivity contribution in [3.63, 3.8) is 0 Å². The maximum absolute atomic E-state index is 10.6. The van der Waals surface area contributed by atoms with E-state index in [9.17, 15) is 4.79 Å². The van der Waals surface area contributed by atoms with Crippen molar-refractivity contribution in [1.82, 2.24) is 5.32 Å². The predicted molar refractivity (Wildman–Crippen MR) is 42.1 cm³/mol. The number of guanidine groups is 1. The predicted octanol–water partition coefficient (Wildman–Crippen LogP) is -1.35. The van der Waals surface area contributed by atoms with Crippen LogP contribution in [0.25, 0.3) is 0 Å². The SMILES string of the molecule is N=C(N)NCCC[C@H](N)[C](=O)[Mn]. The van der Waals surface area contributed by atoms with Gasteiger partial charge in [-0.15, -0.1) is 0 Å². The van der Waals surface area contributed by atoms with Crippen LogP contribution in [0.3, 0.4) is 0 Å². The maximum atomic E-state index is 10.6. The molecular weight excluding hydrogens is 199 g/mol. The van der Waals surface area contributed by atoms with Crippen LogP contribution in [0, 0.1) is 5.41 Å². The van der Waals surface area contributed by atoms with Gasteiger partial charge < -0.3 is 0 Å². The van der Waals surface area contributed by atoms with Crippen molar-refractivity contribution in [3.8, 4) is 0 Å². The summed E-state index contributed by atoms with van der Waals surface area (Å²) in [6.07, 6.45) is 1.31. The molecular formula is C6H13MnN4O. The van der Waals surface area contributed by atoms with Gasteiger partial charge in [0.25, 0.3) is 0 Å². The van der Waals surface area contributed by atoms with Crippen LogP contribution in [0.4, 0.5) is 0 Å². The van der Waals surface area contributed by atoms with Gasteiger partial charge in [-0.1, -0.05) is 0 Å². The molecule has 0 heterocycles. The molecule has 12 heavy (non-hydrogen) atoms. The summed E-state index contributed by atoms with van der Waals surface area (Å²) in [5.41, 5.74) is 10.5. The van der Waals surface area contributed by atoms with Crippen LogP contribution in [0.1, 0.15) is 12.8 Å². The molecule has 0 saturated heterocycles. The molecule has 0 saturated carbocycles. The fourth-order valence-electron chi connectivity index (χ4n) is 0.659. The Morgan fingerprint density at radius 1 is 1.67 bits per heavy atom. The Kier molecular flexibility index (Phi) is 5.70. The van der Waals surface area contributed by atoms with Crippen molar-refractivity contribution in [2.24, 2.45) is 11.5 Å². The molecule has 0 unspecified atom stereocenters. The number of carbonyl (C=O) groups excluding carboxylic acids is 1. The fraction of sp³-hybridized carbons (Fsp3) is 0.667. The van der Waals surface area contributed by atoms with E-state index in [4.69, 9.17) is 16.9 Å². The average molecular weight is 212 g/mol. The van der Waals surface area contributed by atoms with E-state index in [0.717, 1.165) is 6.42 Å². The summed E-state index contributed by atoms with van der Waals surface area (Å²) >= 11 is 2.77. The molecule has 0 aromatic rings. The zero-order valence-electron chi connectivity index (χ0n) is 6.64. The van der Waals surface area contributed by atoms with Crippen LogP contribution in [0.2, 0.25) is 0 Å². The van der Waals surface area contributed by atoms with E-state index in [1.165, 1.54) is 0 Å². The van der Waals surface area contributed by atoms with Gasteiger partial charge >= 0.3 is 79.1 Å². The molecule has 70 valence electrons. The monoisotopic (exact) mass is 212 g/mol. The third-order valence-corrected chi connectivity index (χ3v) is 1.74. The van der Waals surface area contributed by atoms with Gasteiger partial charge in [-0.3, -0.25) is 0 Å². The first-order valence-corrected chi connectivity index (χ1v) is 4.16. The Bertz CT molecular complexity index is 173. The summed E-state index contributed by atoms with van der Waals surface area (Å²) in [7, 11) is 0. The Labute approximate surface area is 79.6 Å². The molecule has 0 aromatic carbocycles. The summed E-state index contributed by atoms with van der Waals surface area (Å²) in [6.45, 7) is 0.573. The molecule has 0 rings (SSSR count). The minimum atomic E-state index is -0.459. The van der Waals surface area contributed by atoms with Gasteiger partial charge in [-0.2, -0.15) is 0 Å². The van der Waals surface area contributed by atoms with E-state index in [1.54, 1.807) is 0 Å². The first-order chi connectivity index (χ1) is 5.54. The zero-order valence-corrected chi connectivity index (χ0v) is 7.82. The summed E-state index contributed by atoms with van der Waals surface area (Å²) in [6, 6.07) is -0.459. The Balaban J connectivity index is 3.31. The van der Waals surface area contributed by atoms with E-state index >= 15 is 0 Å². The Hall–Kier alpha value is -0.581. The average Bonchev–Trinajstić information content (AvgIpc) is 1.97. The second kappa shape index (κ2) is 5.99. The van der Waals surface area contributed by atoms with Gasteiger partial charge in [0.05, 0.1) is 0 Å². The van der Waals surface area contributed by atoms with Crippen molar-refractivity contribution in [2.75, 3.05) is 6.54 Å².